The number of ether oxygens (including phenoxy) is 1. The summed E-state index contributed by atoms with van der Waals surface area (Å²) in [6.07, 6.45) is -0.873. The van der Waals surface area contributed by atoms with E-state index in [2.05, 4.69) is 15.9 Å². The maximum Gasteiger partial charge on any atom is 0.125 e. The predicted octanol–water partition coefficient (Wildman–Crippen LogP) is 4.85. The zero-order valence-corrected chi connectivity index (χ0v) is 13.1. The van der Waals surface area contributed by atoms with Gasteiger partial charge in [0, 0.05) is 25.6 Å². The number of halogens is 3. The lowest BCUT2D eigenvalue weighted by Crippen LogP contribution is -2.03. The zero-order chi connectivity index (χ0) is 14.0. The Kier molecular flexibility index (Phi) is 4.74. The Hall–Kier alpha value is -0.740. The molecule has 1 N–H and O–H groups in total. The van der Waals surface area contributed by atoms with Crippen LogP contribution < -0.4 is 4.74 Å². The standard InChI is InChI=1S/C14H11BrCl2O2/c1-19-13-5-3-9(17)7-11(13)14(18)10-6-8(16)2-4-12(10)15/h2-7,14,18H,1H3. The van der Waals surface area contributed by atoms with Crippen LogP contribution >= 0.6 is 39.1 Å². The van der Waals surface area contributed by atoms with Gasteiger partial charge < -0.3 is 9.84 Å². The lowest BCUT2D eigenvalue weighted by Gasteiger charge is -2.17. The molecule has 0 heterocycles. The third kappa shape index (κ3) is 3.23. The molecule has 0 saturated heterocycles. The van der Waals surface area contributed by atoms with E-state index in [1.165, 1.54) is 0 Å². The van der Waals surface area contributed by atoms with E-state index in [4.69, 9.17) is 27.9 Å². The molecule has 0 saturated carbocycles. The van der Waals surface area contributed by atoms with E-state index in [-0.39, 0.29) is 0 Å². The van der Waals surface area contributed by atoms with E-state index >= 15 is 0 Å². The molecule has 0 spiro atoms. The molecule has 0 aliphatic carbocycles. The van der Waals surface area contributed by atoms with Crippen molar-refractivity contribution in [2.24, 2.45) is 0 Å². The maximum absolute atomic E-state index is 10.5. The van der Waals surface area contributed by atoms with Gasteiger partial charge in [-0.3, -0.25) is 0 Å². The van der Waals surface area contributed by atoms with Crippen LogP contribution in [0.4, 0.5) is 0 Å². The van der Waals surface area contributed by atoms with Crippen LogP contribution in [0.2, 0.25) is 10.0 Å². The highest BCUT2D eigenvalue weighted by atomic mass is 79.9. The number of aliphatic hydroxyl groups excluding tert-OH is 1. The van der Waals surface area contributed by atoms with Gasteiger partial charge >= 0.3 is 0 Å². The van der Waals surface area contributed by atoms with Crippen LogP contribution in [-0.4, -0.2) is 12.2 Å². The normalized spacial score (nSPS) is 12.3. The molecule has 2 aromatic carbocycles. The lowest BCUT2D eigenvalue weighted by molar-refractivity contribution is 0.214. The summed E-state index contributed by atoms with van der Waals surface area (Å²) in [5, 5.41) is 11.6. The third-order valence-corrected chi connectivity index (χ3v) is 3.93. The summed E-state index contributed by atoms with van der Waals surface area (Å²) < 4.78 is 6.02. The average molecular weight is 362 g/mol. The molecule has 0 bridgehead atoms. The van der Waals surface area contributed by atoms with Crippen molar-refractivity contribution in [2.75, 3.05) is 7.11 Å². The van der Waals surface area contributed by atoms with Gasteiger partial charge in [0.2, 0.25) is 0 Å². The van der Waals surface area contributed by atoms with Crippen molar-refractivity contribution in [3.05, 3.63) is 62.0 Å². The van der Waals surface area contributed by atoms with Crippen LogP contribution in [0.3, 0.4) is 0 Å². The third-order valence-electron chi connectivity index (χ3n) is 2.74. The zero-order valence-electron chi connectivity index (χ0n) is 10.0. The van der Waals surface area contributed by atoms with E-state index in [1.807, 2.05) is 0 Å². The molecular formula is C14H11BrCl2O2. The molecule has 0 aromatic heterocycles. The van der Waals surface area contributed by atoms with Crippen LogP contribution in [0.1, 0.15) is 17.2 Å². The number of methoxy groups -OCH3 is 1. The minimum atomic E-state index is -0.873. The van der Waals surface area contributed by atoms with Gasteiger partial charge in [0.15, 0.2) is 0 Å². The molecule has 0 aliphatic heterocycles. The smallest absolute Gasteiger partial charge is 0.125 e. The highest BCUT2D eigenvalue weighted by molar-refractivity contribution is 9.10. The maximum atomic E-state index is 10.5. The number of hydrogen-bond acceptors (Lipinski definition) is 2. The lowest BCUT2D eigenvalue weighted by atomic mass is 10.0. The molecule has 5 heteroatoms. The van der Waals surface area contributed by atoms with Crippen molar-refractivity contribution < 1.29 is 9.84 Å². The molecule has 0 aliphatic rings. The highest BCUT2D eigenvalue weighted by Gasteiger charge is 2.18. The SMILES string of the molecule is COc1ccc(Cl)cc1C(O)c1cc(Cl)ccc1Br. The molecule has 2 nitrogen and oxygen atoms in total. The molecule has 0 fully saturated rings. The largest absolute Gasteiger partial charge is 0.496 e. The first kappa shape index (κ1) is 14.7. The number of aliphatic hydroxyl groups is 1. The van der Waals surface area contributed by atoms with Crippen molar-refractivity contribution >= 4 is 39.1 Å². The van der Waals surface area contributed by atoms with Gasteiger partial charge in [-0.25, -0.2) is 0 Å². The molecule has 0 radical (unpaired) electrons. The molecule has 100 valence electrons. The van der Waals surface area contributed by atoms with E-state index in [1.54, 1.807) is 43.5 Å². The minimum Gasteiger partial charge on any atom is -0.496 e. The fourth-order valence-electron chi connectivity index (χ4n) is 1.81. The second-order valence-electron chi connectivity index (χ2n) is 3.95. The van der Waals surface area contributed by atoms with Gasteiger partial charge in [-0.1, -0.05) is 39.1 Å². The Morgan fingerprint density at radius 3 is 2.26 bits per heavy atom. The highest BCUT2D eigenvalue weighted by Crippen LogP contribution is 2.36. The van der Waals surface area contributed by atoms with Crippen LogP contribution in [0, 0.1) is 0 Å². The van der Waals surface area contributed by atoms with Crippen molar-refractivity contribution in [3.63, 3.8) is 0 Å². The first-order valence-electron chi connectivity index (χ1n) is 5.49. The second-order valence-corrected chi connectivity index (χ2v) is 5.68. The van der Waals surface area contributed by atoms with Gasteiger partial charge in [-0.15, -0.1) is 0 Å². The molecule has 19 heavy (non-hydrogen) atoms. The van der Waals surface area contributed by atoms with Gasteiger partial charge in [-0.05, 0) is 36.4 Å². The summed E-state index contributed by atoms with van der Waals surface area (Å²) in [6.45, 7) is 0. The Morgan fingerprint density at radius 2 is 1.63 bits per heavy atom. The monoisotopic (exact) mass is 360 g/mol. The molecule has 1 unspecified atom stereocenters. The van der Waals surface area contributed by atoms with Gasteiger partial charge in [-0.2, -0.15) is 0 Å². The summed E-state index contributed by atoms with van der Waals surface area (Å²) in [6, 6.07) is 10.4. The van der Waals surface area contributed by atoms with E-state index < -0.39 is 6.10 Å². The topological polar surface area (TPSA) is 29.5 Å². The Morgan fingerprint density at radius 1 is 1.05 bits per heavy atom. The Bertz CT molecular complexity index is 602. The summed E-state index contributed by atoms with van der Waals surface area (Å²) in [4.78, 5) is 0. The Balaban J connectivity index is 2.51. The average Bonchev–Trinajstić information content (AvgIpc) is 2.40. The molecule has 1 atom stereocenters. The van der Waals surface area contributed by atoms with E-state index in [0.717, 1.165) is 4.47 Å². The first-order chi connectivity index (χ1) is 9.02. The van der Waals surface area contributed by atoms with Crippen LogP contribution in [0.25, 0.3) is 0 Å². The number of rotatable bonds is 3. The first-order valence-corrected chi connectivity index (χ1v) is 7.04. The van der Waals surface area contributed by atoms with Gasteiger partial charge in [0.1, 0.15) is 11.9 Å². The van der Waals surface area contributed by atoms with Gasteiger partial charge in [0.25, 0.3) is 0 Å². The van der Waals surface area contributed by atoms with Gasteiger partial charge in [0.05, 0.1) is 7.11 Å². The van der Waals surface area contributed by atoms with Crippen molar-refractivity contribution in [1.82, 2.24) is 0 Å². The van der Waals surface area contributed by atoms with Crippen LogP contribution in [-0.2, 0) is 0 Å². The summed E-state index contributed by atoms with van der Waals surface area (Å²) in [7, 11) is 1.55. The Labute approximate surface area is 130 Å². The fourth-order valence-corrected chi connectivity index (χ4v) is 2.64. The van der Waals surface area contributed by atoms with Crippen molar-refractivity contribution in [1.29, 1.82) is 0 Å². The quantitative estimate of drug-likeness (QED) is 0.846. The minimum absolute atomic E-state index is 0.535. The number of benzene rings is 2. The molecule has 2 rings (SSSR count). The fraction of sp³-hybridized carbons (Fsp3) is 0.143. The summed E-state index contributed by atoms with van der Waals surface area (Å²) in [5.74, 6) is 0.573. The van der Waals surface area contributed by atoms with E-state index in [0.29, 0.717) is 26.9 Å². The molecule has 2 aromatic rings. The summed E-state index contributed by atoms with van der Waals surface area (Å²) >= 11 is 15.3. The van der Waals surface area contributed by atoms with Crippen LogP contribution in [0.15, 0.2) is 40.9 Å². The number of hydrogen-bond donors (Lipinski definition) is 1. The van der Waals surface area contributed by atoms with Crippen molar-refractivity contribution in [2.45, 2.75) is 6.10 Å². The second kappa shape index (κ2) is 6.14. The van der Waals surface area contributed by atoms with Crippen LogP contribution in [0.5, 0.6) is 5.75 Å². The van der Waals surface area contributed by atoms with E-state index in [9.17, 15) is 5.11 Å². The molecular weight excluding hydrogens is 351 g/mol. The molecule has 0 amide bonds. The predicted molar refractivity (Wildman–Crippen MR) is 81.2 cm³/mol. The van der Waals surface area contributed by atoms with Crippen molar-refractivity contribution in [3.8, 4) is 5.75 Å². The summed E-state index contributed by atoms with van der Waals surface area (Å²) in [5.41, 5.74) is 1.26.